The highest BCUT2D eigenvalue weighted by Crippen LogP contribution is 2.31. The van der Waals surface area contributed by atoms with E-state index in [0.29, 0.717) is 17.2 Å². The van der Waals surface area contributed by atoms with Crippen LogP contribution in [-0.4, -0.2) is 35.1 Å². The first kappa shape index (κ1) is 17.3. The predicted molar refractivity (Wildman–Crippen MR) is 112 cm³/mol. The quantitative estimate of drug-likeness (QED) is 0.509. The highest BCUT2D eigenvalue weighted by atomic mass is 32.1. The first-order valence-corrected chi connectivity index (χ1v) is 10.2. The molecule has 0 aliphatic carbocycles. The lowest BCUT2D eigenvalue weighted by Gasteiger charge is -2.23. The molecule has 1 fully saturated rings. The molecular formula is C22H19N3O2S. The lowest BCUT2D eigenvalue weighted by Crippen LogP contribution is -2.37. The van der Waals surface area contributed by atoms with Gasteiger partial charge >= 0.3 is 0 Å². The first-order valence-electron chi connectivity index (χ1n) is 9.42. The van der Waals surface area contributed by atoms with Crippen molar-refractivity contribution in [2.75, 3.05) is 18.1 Å². The Balaban J connectivity index is 1.59. The Kier molecular flexibility index (Phi) is 4.50. The average Bonchev–Trinajstić information content (AvgIpc) is 3.40. The second kappa shape index (κ2) is 7.30. The number of para-hydroxylation sites is 2. The van der Waals surface area contributed by atoms with E-state index in [1.54, 1.807) is 17.2 Å². The number of anilines is 1. The number of pyridine rings is 1. The summed E-state index contributed by atoms with van der Waals surface area (Å²) in [5.41, 5.74) is 2.37. The summed E-state index contributed by atoms with van der Waals surface area (Å²) >= 11 is 1.54. The summed E-state index contributed by atoms with van der Waals surface area (Å²) in [6.45, 7) is 1.26. The van der Waals surface area contributed by atoms with Crippen LogP contribution in [-0.2, 0) is 4.74 Å². The number of fused-ring (bicyclic) bond motifs is 2. The molecular weight excluding hydrogens is 370 g/mol. The Morgan fingerprint density at radius 2 is 1.93 bits per heavy atom. The van der Waals surface area contributed by atoms with Crippen LogP contribution in [0.25, 0.3) is 21.1 Å². The fraction of sp³-hybridized carbons (Fsp3) is 0.227. The molecule has 28 heavy (non-hydrogen) atoms. The zero-order valence-electron chi connectivity index (χ0n) is 15.2. The minimum absolute atomic E-state index is 0.0454. The van der Waals surface area contributed by atoms with Crippen LogP contribution in [0.2, 0.25) is 0 Å². The normalized spacial score (nSPS) is 16.6. The molecule has 2 aromatic carbocycles. The van der Waals surface area contributed by atoms with Crippen molar-refractivity contribution in [3.05, 3.63) is 66.4 Å². The number of carbonyl (C=O) groups is 1. The SMILES string of the molecule is O=C(c1ccnc2ccccc12)N(CC1CCCO1)c1nc2ccccc2s1. The molecule has 0 radical (unpaired) electrons. The molecule has 6 heteroatoms. The van der Waals surface area contributed by atoms with Gasteiger partial charge < -0.3 is 4.74 Å². The molecule has 1 aliphatic heterocycles. The minimum atomic E-state index is -0.0619. The van der Waals surface area contributed by atoms with Crippen molar-refractivity contribution in [2.45, 2.75) is 18.9 Å². The summed E-state index contributed by atoms with van der Waals surface area (Å²) in [6, 6.07) is 17.5. The predicted octanol–water partition coefficient (Wildman–Crippen LogP) is 4.67. The summed E-state index contributed by atoms with van der Waals surface area (Å²) in [6.07, 6.45) is 3.73. The Hall–Kier alpha value is -2.83. The monoisotopic (exact) mass is 389 g/mol. The van der Waals surface area contributed by atoms with Gasteiger partial charge in [0.2, 0.25) is 0 Å². The molecule has 0 bridgehead atoms. The third-order valence-electron chi connectivity index (χ3n) is 5.05. The van der Waals surface area contributed by atoms with Crippen molar-refractivity contribution in [3.8, 4) is 0 Å². The molecule has 1 atom stereocenters. The number of carbonyl (C=O) groups excluding carboxylic acids is 1. The smallest absolute Gasteiger partial charge is 0.260 e. The van der Waals surface area contributed by atoms with E-state index in [0.717, 1.165) is 40.6 Å². The molecule has 0 saturated carbocycles. The Morgan fingerprint density at radius 1 is 1.11 bits per heavy atom. The Bertz CT molecular complexity index is 1110. The molecule has 140 valence electrons. The van der Waals surface area contributed by atoms with Crippen molar-refractivity contribution < 1.29 is 9.53 Å². The van der Waals surface area contributed by atoms with E-state index in [1.165, 1.54) is 11.3 Å². The molecule has 1 unspecified atom stereocenters. The maximum absolute atomic E-state index is 13.6. The van der Waals surface area contributed by atoms with Gasteiger partial charge in [0.1, 0.15) is 0 Å². The molecule has 2 aromatic heterocycles. The second-order valence-electron chi connectivity index (χ2n) is 6.89. The van der Waals surface area contributed by atoms with E-state index in [2.05, 4.69) is 4.98 Å². The number of rotatable bonds is 4. The highest BCUT2D eigenvalue weighted by Gasteiger charge is 2.28. The van der Waals surface area contributed by atoms with E-state index in [-0.39, 0.29) is 12.0 Å². The van der Waals surface area contributed by atoms with Crippen molar-refractivity contribution in [3.63, 3.8) is 0 Å². The van der Waals surface area contributed by atoms with Gasteiger partial charge in [0, 0.05) is 18.2 Å². The van der Waals surface area contributed by atoms with Crippen molar-refractivity contribution in [2.24, 2.45) is 0 Å². The van der Waals surface area contributed by atoms with Gasteiger partial charge in [-0.1, -0.05) is 41.7 Å². The van der Waals surface area contributed by atoms with Crippen LogP contribution in [0.1, 0.15) is 23.2 Å². The Morgan fingerprint density at radius 3 is 2.75 bits per heavy atom. The number of nitrogens with zero attached hydrogens (tertiary/aromatic N) is 3. The number of ether oxygens (including phenoxy) is 1. The van der Waals surface area contributed by atoms with E-state index in [1.807, 2.05) is 48.5 Å². The Labute approximate surface area is 166 Å². The van der Waals surface area contributed by atoms with Gasteiger partial charge in [-0.3, -0.25) is 14.7 Å². The van der Waals surface area contributed by atoms with E-state index in [9.17, 15) is 4.79 Å². The molecule has 1 aliphatic rings. The summed E-state index contributed by atoms with van der Waals surface area (Å²) < 4.78 is 6.89. The van der Waals surface area contributed by atoms with E-state index < -0.39 is 0 Å². The van der Waals surface area contributed by atoms with Crippen LogP contribution in [0.15, 0.2) is 60.8 Å². The van der Waals surface area contributed by atoms with Gasteiger partial charge in [-0.25, -0.2) is 4.98 Å². The van der Waals surface area contributed by atoms with Crippen LogP contribution in [0.4, 0.5) is 5.13 Å². The van der Waals surface area contributed by atoms with Crippen molar-refractivity contribution >= 4 is 43.5 Å². The van der Waals surface area contributed by atoms with E-state index >= 15 is 0 Å². The maximum atomic E-state index is 13.6. The molecule has 1 saturated heterocycles. The summed E-state index contributed by atoms with van der Waals surface area (Å²) in [4.78, 5) is 24.5. The van der Waals surface area contributed by atoms with Gasteiger partial charge in [-0.05, 0) is 37.1 Å². The number of hydrogen-bond acceptors (Lipinski definition) is 5. The number of benzene rings is 2. The average molecular weight is 389 g/mol. The lowest BCUT2D eigenvalue weighted by molar-refractivity contribution is 0.0918. The number of thiazole rings is 1. The number of aromatic nitrogens is 2. The van der Waals surface area contributed by atoms with Gasteiger partial charge in [0.05, 0.1) is 33.9 Å². The van der Waals surface area contributed by atoms with Gasteiger partial charge in [0.25, 0.3) is 5.91 Å². The molecule has 4 aromatic rings. The highest BCUT2D eigenvalue weighted by molar-refractivity contribution is 7.22. The summed E-state index contributed by atoms with van der Waals surface area (Å²) in [5, 5.41) is 1.57. The van der Waals surface area contributed by atoms with Crippen LogP contribution >= 0.6 is 11.3 Å². The van der Waals surface area contributed by atoms with Gasteiger partial charge in [-0.2, -0.15) is 0 Å². The van der Waals surface area contributed by atoms with Crippen LogP contribution < -0.4 is 4.90 Å². The second-order valence-corrected chi connectivity index (χ2v) is 7.90. The zero-order valence-corrected chi connectivity index (χ0v) is 16.1. The van der Waals surface area contributed by atoms with Gasteiger partial charge in [-0.15, -0.1) is 0 Å². The number of amides is 1. The number of hydrogen-bond donors (Lipinski definition) is 0. The molecule has 0 N–H and O–H groups in total. The molecule has 0 spiro atoms. The van der Waals surface area contributed by atoms with E-state index in [4.69, 9.17) is 9.72 Å². The van der Waals surface area contributed by atoms with Crippen LogP contribution in [0.3, 0.4) is 0 Å². The first-order chi connectivity index (χ1) is 13.8. The van der Waals surface area contributed by atoms with Gasteiger partial charge in [0.15, 0.2) is 5.13 Å². The summed E-state index contributed by atoms with van der Waals surface area (Å²) in [5.74, 6) is -0.0619. The van der Waals surface area contributed by atoms with Crippen LogP contribution in [0, 0.1) is 0 Å². The molecule has 5 rings (SSSR count). The zero-order chi connectivity index (χ0) is 18.9. The topological polar surface area (TPSA) is 55.3 Å². The molecule has 5 nitrogen and oxygen atoms in total. The fourth-order valence-corrected chi connectivity index (χ4v) is 4.62. The van der Waals surface area contributed by atoms with Crippen molar-refractivity contribution in [1.29, 1.82) is 0 Å². The largest absolute Gasteiger partial charge is 0.376 e. The lowest BCUT2D eigenvalue weighted by atomic mass is 10.1. The minimum Gasteiger partial charge on any atom is -0.376 e. The molecule has 3 heterocycles. The maximum Gasteiger partial charge on any atom is 0.260 e. The van der Waals surface area contributed by atoms with Crippen LogP contribution in [0.5, 0.6) is 0 Å². The summed E-state index contributed by atoms with van der Waals surface area (Å²) in [7, 11) is 0. The fourth-order valence-electron chi connectivity index (χ4n) is 3.64. The molecule has 1 amide bonds. The third-order valence-corrected chi connectivity index (χ3v) is 6.11. The van der Waals surface area contributed by atoms with Crippen molar-refractivity contribution in [1.82, 2.24) is 9.97 Å². The third kappa shape index (κ3) is 3.15. The standard InChI is InChI=1S/C22H19N3O2S/c26-21(17-11-12-23-18-8-2-1-7-16(17)18)25(14-15-6-5-13-27-15)22-24-19-9-3-4-10-20(19)28-22/h1-4,7-12,15H,5-6,13-14H2.